The van der Waals surface area contributed by atoms with Crippen LogP contribution >= 0.6 is 0 Å². The van der Waals surface area contributed by atoms with Gasteiger partial charge in [0.15, 0.2) is 0 Å². The molecule has 2 aromatic carbocycles. The van der Waals surface area contributed by atoms with Gasteiger partial charge < -0.3 is 14.5 Å². The van der Waals surface area contributed by atoms with E-state index in [1.54, 1.807) is 12.0 Å². The molecule has 0 N–H and O–H groups in total. The average molecular weight is 521 g/mol. The van der Waals surface area contributed by atoms with Gasteiger partial charge in [-0.15, -0.1) is 0 Å². The Balaban J connectivity index is 1.57. The molecule has 1 saturated heterocycles. The summed E-state index contributed by atoms with van der Waals surface area (Å²) >= 11 is 0. The van der Waals surface area contributed by atoms with E-state index in [-0.39, 0.29) is 5.56 Å². The van der Waals surface area contributed by atoms with E-state index in [1.807, 2.05) is 38.1 Å². The number of hydrogen-bond donors (Lipinski definition) is 0. The summed E-state index contributed by atoms with van der Waals surface area (Å²) in [7, 11) is 1.62. The Morgan fingerprint density at radius 3 is 2.21 bits per heavy atom. The number of aromatic nitrogens is 2. The molecule has 4 rings (SSSR count). The van der Waals surface area contributed by atoms with Crippen LogP contribution in [0.5, 0.6) is 5.75 Å². The van der Waals surface area contributed by atoms with Crippen LogP contribution in [0.1, 0.15) is 39.4 Å². The highest BCUT2D eigenvalue weighted by atomic mass is 16.6. The van der Waals surface area contributed by atoms with E-state index in [4.69, 9.17) is 9.72 Å². The molecular formula is C26H28N6O6. The molecule has 0 unspecified atom stereocenters. The van der Waals surface area contributed by atoms with Crippen molar-refractivity contribution in [1.82, 2.24) is 14.9 Å². The van der Waals surface area contributed by atoms with Crippen LogP contribution in [0.25, 0.3) is 0 Å². The van der Waals surface area contributed by atoms with E-state index in [1.165, 1.54) is 0 Å². The van der Waals surface area contributed by atoms with E-state index in [0.717, 1.165) is 46.6 Å². The fraction of sp³-hybridized carbons (Fsp3) is 0.346. The summed E-state index contributed by atoms with van der Waals surface area (Å²) < 4.78 is 5.26. The first-order valence-corrected chi connectivity index (χ1v) is 12.1. The lowest BCUT2D eigenvalue weighted by atomic mass is 10.0. The first-order chi connectivity index (χ1) is 18.2. The minimum Gasteiger partial charge on any atom is -0.497 e. The number of nitro groups is 2. The fourth-order valence-electron chi connectivity index (χ4n) is 4.58. The van der Waals surface area contributed by atoms with Gasteiger partial charge in [-0.05, 0) is 38.0 Å². The Morgan fingerprint density at radius 1 is 0.947 bits per heavy atom. The van der Waals surface area contributed by atoms with E-state index in [9.17, 15) is 25.0 Å². The number of amides is 1. The van der Waals surface area contributed by atoms with Crippen molar-refractivity contribution in [3.8, 4) is 5.75 Å². The second-order valence-electron chi connectivity index (χ2n) is 9.07. The number of rotatable bonds is 7. The van der Waals surface area contributed by atoms with Gasteiger partial charge in [-0.2, -0.15) is 0 Å². The Morgan fingerprint density at radius 2 is 1.61 bits per heavy atom. The van der Waals surface area contributed by atoms with Crippen LogP contribution in [0.4, 0.5) is 17.2 Å². The van der Waals surface area contributed by atoms with Gasteiger partial charge >= 0.3 is 0 Å². The molecule has 2 heterocycles. The van der Waals surface area contributed by atoms with E-state index in [2.05, 4.69) is 9.88 Å². The Bertz CT molecular complexity index is 1350. The quantitative estimate of drug-likeness (QED) is 0.335. The summed E-state index contributed by atoms with van der Waals surface area (Å²) in [5, 5.41) is 22.5. The molecular weight excluding hydrogens is 492 g/mol. The van der Waals surface area contributed by atoms with Crippen LogP contribution in [0.3, 0.4) is 0 Å². The highest BCUT2D eigenvalue weighted by molar-refractivity contribution is 5.95. The van der Waals surface area contributed by atoms with Gasteiger partial charge in [0.2, 0.25) is 0 Å². The topological polar surface area (TPSA) is 145 Å². The number of aryl methyl sites for hydroxylation is 2. The summed E-state index contributed by atoms with van der Waals surface area (Å²) in [6.07, 6.45) is 1.26. The molecule has 0 spiro atoms. The largest absolute Gasteiger partial charge is 0.497 e. The first-order valence-electron chi connectivity index (χ1n) is 12.1. The van der Waals surface area contributed by atoms with Crippen molar-refractivity contribution in [3.63, 3.8) is 0 Å². The summed E-state index contributed by atoms with van der Waals surface area (Å²) in [6.45, 7) is 5.66. The monoisotopic (exact) mass is 520 g/mol. The first kappa shape index (κ1) is 26.5. The van der Waals surface area contributed by atoms with Crippen molar-refractivity contribution < 1.29 is 19.4 Å². The summed E-state index contributed by atoms with van der Waals surface area (Å²) in [4.78, 5) is 47.3. The third-order valence-electron chi connectivity index (χ3n) is 6.50. The van der Waals surface area contributed by atoms with Crippen molar-refractivity contribution in [2.75, 3.05) is 38.2 Å². The molecule has 198 valence electrons. The van der Waals surface area contributed by atoms with Crippen LogP contribution in [-0.4, -0.2) is 63.9 Å². The summed E-state index contributed by atoms with van der Waals surface area (Å²) in [5.41, 5.74) is 1.90. The van der Waals surface area contributed by atoms with Gasteiger partial charge in [-0.25, -0.2) is 9.97 Å². The molecule has 0 saturated carbocycles. The molecule has 1 aliphatic rings. The van der Waals surface area contributed by atoms with Gasteiger partial charge in [0.1, 0.15) is 17.4 Å². The molecule has 12 heteroatoms. The molecule has 0 radical (unpaired) electrons. The van der Waals surface area contributed by atoms with E-state index >= 15 is 0 Å². The number of nitrogens with zero attached hydrogens (tertiary/aromatic N) is 6. The predicted molar refractivity (Wildman–Crippen MR) is 140 cm³/mol. The highest BCUT2D eigenvalue weighted by Crippen LogP contribution is 2.27. The number of methoxy groups -OCH3 is 1. The minimum atomic E-state index is -0.738. The maximum Gasteiger partial charge on any atom is 0.277 e. The number of carbonyl (C=O) groups is 1. The summed E-state index contributed by atoms with van der Waals surface area (Å²) in [5.74, 6) is 1.76. The number of non-ortho nitro benzene ring substituents is 2. The lowest BCUT2D eigenvalue weighted by Gasteiger charge is -2.26. The molecule has 3 aromatic rings. The van der Waals surface area contributed by atoms with Crippen LogP contribution in [0, 0.1) is 34.1 Å². The standard InChI is InChI=1S/C26H28N6O6/c1-17-24(13-19-5-7-23(38-3)8-6-19)25(28-18(2)27-17)29-9-4-10-30(12-11-29)26(33)20-14-21(31(34)35)16-22(15-20)32(36)37/h5-8,14-16H,4,9-13H2,1-3H3. The molecule has 0 aliphatic carbocycles. The number of ether oxygens (including phenoxy) is 1. The fourth-order valence-corrected chi connectivity index (χ4v) is 4.58. The van der Waals surface area contributed by atoms with Crippen LogP contribution in [-0.2, 0) is 6.42 Å². The molecule has 12 nitrogen and oxygen atoms in total. The van der Waals surface area contributed by atoms with Crippen LogP contribution < -0.4 is 9.64 Å². The van der Waals surface area contributed by atoms with Crippen molar-refractivity contribution >= 4 is 23.1 Å². The third kappa shape index (κ3) is 5.85. The molecule has 0 atom stereocenters. The predicted octanol–water partition coefficient (Wildman–Crippen LogP) is 3.86. The van der Waals surface area contributed by atoms with Crippen LogP contribution in [0.15, 0.2) is 42.5 Å². The second kappa shape index (κ2) is 11.2. The maximum absolute atomic E-state index is 13.2. The summed E-state index contributed by atoms with van der Waals surface area (Å²) in [6, 6.07) is 10.8. The van der Waals surface area contributed by atoms with E-state index < -0.39 is 27.1 Å². The third-order valence-corrected chi connectivity index (χ3v) is 6.50. The SMILES string of the molecule is COc1ccc(Cc2c(C)nc(C)nc2N2CCCN(C(=O)c3cc([N+](=O)[O-])cc([N+](=O)[O-])c3)CC2)cc1. The number of carbonyl (C=O) groups excluding carboxylic acids is 1. The molecule has 0 bridgehead atoms. The maximum atomic E-state index is 13.2. The second-order valence-corrected chi connectivity index (χ2v) is 9.07. The van der Waals surface area contributed by atoms with Gasteiger partial charge in [-0.1, -0.05) is 12.1 Å². The number of nitro benzene ring substituents is 2. The van der Waals surface area contributed by atoms with Crippen molar-refractivity contribution in [1.29, 1.82) is 0 Å². The smallest absolute Gasteiger partial charge is 0.277 e. The molecule has 1 aliphatic heterocycles. The van der Waals surface area contributed by atoms with Gasteiger partial charge in [0, 0.05) is 56.0 Å². The lowest BCUT2D eigenvalue weighted by molar-refractivity contribution is -0.394. The van der Waals surface area contributed by atoms with Crippen molar-refractivity contribution in [2.45, 2.75) is 26.7 Å². The molecule has 1 amide bonds. The Labute approximate surface area is 219 Å². The van der Waals surface area contributed by atoms with Gasteiger partial charge in [0.05, 0.1) is 28.6 Å². The zero-order valence-corrected chi connectivity index (χ0v) is 21.4. The van der Waals surface area contributed by atoms with Gasteiger partial charge in [0.25, 0.3) is 17.3 Å². The Kier molecular flexibility index (Phi) is 7.79. The van der Waals surface area contributed by atoms with Crippen LogP contribution in [0.2, 0.25) is 0 Å². The Hall–Kier alpha value is -4.61. The number of anilines is 1. The average Bonchev–Trinajstić information content (AvgIpc) is 3.16. The molecule has 1 aromatic heterocycles. The normalized spacial score (nSPS) is 13.7. The van der Waals surface area contributed by atoms with E-state index in [0.29, 0.717) is 44.8 Å². The van der Waals surface area contributed by atoms with Gasteiger partial charge in [-0.3, -0.25) is 25.0 Å². The number of hydrogen-bond acceptors (Lipinski definition) is 9. The van der Waals surface area contributed by atoms with Crippen molar-refractivity contribution in [3.05, 3.63) is 90.9 Å². The molecule has 38 heavy (non-hydrogen) atoms. The minimum absolute atomic E-state index is 0.0757. The lowest BCUT2D eigenvalue weighted by Crippen LogP contribution is -2.36. The molecule has 1 fully saturated rings. The zero-order valence-electron chi connectivity index (χ0n) is 21.4. The van der Waals surface area contributed by atoms with Crippen molar-refractivity contribution in [2.24, 2.45) is 0 Å². The number of benzene rings is 2. The zero-order chi connectivity index (χ0) is 27.4. The highest BCUT2D eigenvalue weighted by Gasteiger charge is 2.26.